The normalized spacial score (nSPS) is 20.9. The number of carbonyl (C=O) groups excluding carboxylic acids is 2. The van der Waals surface area contributed by atoms with Crippen LogP contribution >= 0.6 is 11.6 Å². The van der Waals surface area contributed by atoms with Crippen molar-refractivity contribution in [2.24, 2.45) is 0 Å². The second kappa shape index (κ2) is 10.4. The molecule has 174 valence electrons. The molecular weight excluding hydrogens is 444 g/mol. The molecule has 2 aliphatic rings. The molecule has 2 aliphatic heterocycles. The lowest BCUT2D eigenvalue weighted by atomic mass is 9.95. The molecule has 0 radical (unpaired) electrons. The molecule has 0 bridgehead atoms. The Labute approximate surface area is 198 Å². The maximum Gasteiger partial charge on any atom is 0.295 e. The van der Waals surface area contributed by atoms with Gasteiger partial charge in [-0.2, -0.15) is 0 Å². The van der Waals surface area contributed by atoms with Crippen LogP contribution in [0.5, 0.6) is 5.75 Å². The highest BCUT2D eigenvalue weighted by Gasteiger charge is 2.46. The maximum atomic E-state index is 13.1. The van der Waals surface area contributed by atoms with Crippen molar-refractivity contribution in [2.45, 2.75) is 13.0 Å². The minimum absolute atomic E-state index is 0.0675. The number of ketones is 1. The average molecular weight is 471 g/mol. The fourth-order valence-corrected chi connectivity index (χ4v) is 4.36. The first-order valence-corrected chi connectivity index (χ1v) is 11.4. The fraction of sp³-hybridized carbons (Fsp3) is 0.360. The number of rotatable bonds is 7. The van der Waals surface area contributed by atoms with Crippen LogP contribution in [-0.2, 0) is 14.3 Å². The zero-order valence-electron chi connectivity index (χ0n) is 18.5. The molecule has 7 nitrogen and oxygen atoms in total. The Morgan fingerprint density at radius 1 is 1.12 bits per heavy atom. The van der Waals surface area contributed by atoms with Gasteiger partial charge in [-0.3, -0.25) is 14.5 Å². The summed E-state index contributed by atoms with van der Waals surface area (Å²) in [6, 6.07) is 13.2. The molecule has 4 rings (SSSR count). The van der Waals surface area contributed by atoms with Crippen LogP contribution < -0.4 is 4.74 Å². The van der Waals surface area contributed by atoms with E-state index in [0.717, 1.165) is 13.1 Å². The van der Waals surface area contributed by atoms with Crippen molar-refractivity contribution in [3.05, 3.63) is 70.3 Å². The molecule has 2 saturated heterocycles. The van der Waals surface area contributed by atoms with Crippen molar-refractivity contribution in [1.29, 1.82) is 0 Å². The van der Waals surface area contributed by atoms with Gasteiger partial charge in [0.1, 0.15) is 11.5 Å². The summed E-state index contributed by atoms with van der Waals surface area (Å²) < 4.78 is 10.9. The number of Topliss-reactive ketones (excluding diaryl/α,β-unsaturated/α-hetero) is 1. The van der Waals surface area contributed by atoms with E-state index >= 15 is 0 Å². The largest absolute Gasteiger partial charge is 0.507 e. The van der Waals surface area contributed by atoms with E-state index in [2.05, 4.69) is 4.90 Å². The number of carbonyl (C=O) groups is 2. The molecule has 1 N–H and O–H groups in total. The molecule has 1 unspecified atom stereocenters. The molecule has 8 heteroatoms. The summed E-state index contributed by atoms with van der Waals surface area (Å²) in [7, 11) is 0. The van der Waals surface area contributed by atoms with Crippen LogP contribution in [-0.4, -0.2) is 72.6 Å². The number of nitrogens with zero attached hydrogens (tertiary/aromatic N) is 2. The number of aliphatic hydroxyl groups excluding tert-OH is 1. The van der Waals surface area contributed by atoms with E-state index in [-0.39, 0.29) is 11.3 Å². The molecule has 2 aromatic rings. The van der Waals surface area contributed by atoms with Crippen LogP contribution in [0.15, 0.2) is 54.1 Å². The van der Waals surface area contributed by atoms with Crippen LogP contribution in [0.2, 0.25) is 5.02 Å². The smallest absolute Gasteiger partial charge is 0.295 e. The molecule has 0 spiro atoms. The fourth-order valence-electron chi connectivity index (χ4n) is 4.23. The van der Waals surface area contributed by atoms with Gasteiger partial charge in [0.05, 0.1) is 31.4 Å². The molecule has 1 atom stereocenters. The zero-order chi connectivity index (χ0) is 23.4. The number of halogens is 1. The molecule has 2 aromatic carbocycles. The van der Waals surface area contributed by atoms with Crippen molar-refractivity contribution in [3.8, 4) is 5.75 Å². The number of amides is 1. The number of hydrogen-bond acceptors (Lipinski definition) is 6. The van der Waals surface area contributed by atoms with Crippen LogP contribution in [0, 0.1) is 0 Å². The predicted octanol–water partition coefficient (Wildman–Crippen LogP) is 3.49. The van der Waals surface area contributed by atoms with Gasteiger partial charge in [-0.05, 0) is 36.8 Å². The van der Waals surface area contributed by atoms with Gasteiger partial charge < -0.3 is 19.5 Å². The van der Waals surface area contributed by atoms with Crippen molar-refractivity contribution >= 4 is 29.1 Å². The summed E-state index contributed by atoms with van der Waals surface area (Å²) in [5.41, 5.74) is 1.20. The third-order valence-corrected chi connectivity index (χ3v) is 6.16. The van der Waals surface area contributed by atoms with E-state index in [9.17, 15) is 14.7 Å². The van der Waals surface area contributed by atoms with Crippen molar-refractivity contribution in [3.63, 3.8) is 0 Å². The maximum absolute atomic E-state index is 13.1. The molecule has 0 saturated carbocycles. The zero-order valence-corrected chi connectivity index (χ0v) is 19.3. The SMILES string of the molecule is CCOc1cccc(/C(O)=C2\C(=O)C(=O)N(CCN3CCOCC3)C2c2ccc(Cl)cc2)c1. The van der Waals surface area contributed by atoms with Crippen molar-refractivity contribution < 1.29 is 24.2 Å². The predicted molar refractivity (Wildman–Crippen MR) is 125 cm³/mol. The Morgan fingerprint density at radius 2 is 1.85 bits per heavy atom. The second-order valence-corrected chi connectivity index (χ2v) is 8.40. The molecule has 2 fully saturated rings. The van der Waals surface area contributed by atoms with Gasteiger partial charge in [0.15, 0.2) is 0 Å². The summed E-state index contributed by atoms with van der Waals surface area (Å²) in [6.45, 7) is 6.16. The second-order valence-electron chi connectivity index (χ2n) is 7.96. The lowest BCUT2D eigenvalue weighted by Crippen LogP contribution is -2.42. The van der Waals surface area contributed by atoms with Crippen molar-refractivity contribution in [1.82, 2.24) is 9.80 Å². The first kappa shape index (κ1) is 23.3. The first-order chi connectivity index (χ1) is 16.0. The molecule has 0 aromatic heterocycles. The Kier molecular flexibility index (Phi) is 7.33. The number of hydrogen-bond donors (Lipinski definition) is 1. The Bertz CT molecular complexity index is 1050. The number of aliphatic hydroxyl groups is 1. The summed E-state index contributed by atoms with van der Waals surface area (Å²) in [6.07, 6.45) is 0. The minimum atomic E-state index is -0.709. The van der Waals surface area contributed by atoms with E-state index in [0.29, 0.717) is 54.8 Å². The van der Waals surface area contributed by atoms with Gasteiger partial charge in [-0.25, -0.2) is 0 Å². The quantitative estimate of drug-likeness (QED) is 0.379. The Balaban J connectivity index is 1.73. The van der Waals surface area contributed by atoms with Crippen molar-refractivity contribution in [2.75, 3.05) is 46.0 Å². The third kappa shape index (κ3) is 5.05. The van der Waals surface area contributed by atoms with Gasteiger partial charge in [0.25, 0.3) is 11.7 Å². The average Bonchev–Trinajstić information content (AvgIpc) is 3.08. The van der Waals surface area contributed by atoms with Gasteiger partial charge in [0.2, 0.25) is 0 Å². The Morgan fingerprint density at radius 3 is 2.55 bits per heavy atom. The molecular formula is C25H27ClN2O5. The lowest BCUT2D eigenvalue weighted by Gasteiger charge is -2.31. The van der Waals surface area contributed by atoms with Gasteiger partial charge in [-0.15, -0.1) is 0 Å². The minimum Gasteiger partial charge on any atom is -0.507 e. The third-order valence-electron chi connectivity index (χ3n) is 5.91. The van der Waals surface area contributed by atoms with Gasteiger partial charge in [-0.1, -0.05) is 35.9 Å². The van der Waals surface area contributed by atoms with Gasteiger partial charge in [0, 0.05) is 36.8 Å². The Hall–Kier alpha value is -2.87. The van der Waals surface area contributed by atoms with E-state index < -0.39 is 17.7 Å². The van der Waals surface area contributed by atoms with Crippen LogP contribution in [0.25, 0.3) is 5.76 Å². The molecule has 33 heavy (non-hydrogen) atoms. The highest BCUT2D eigenvalue weighted by atomic mass is 35.5. The molecule has 2 heterocycles. The van der Waals surface area contributed by atoms with E-state index in [1.54, 1.807) is 53.4 Å². The number of morpholine rings is 1. The number of benzene rings is 2. The highest BCUT2D eigenvalue weighted by Crippen LogP contribution is 2.39. The monoisotopic (exact) mass is 470 g/mol. The van der Waals surface area contributed by atoms with Crippen LogP contribution in [0.3, 0.4) is 0 Å². The highest BCUT2D eigenvalue weighted by molar-refractivity contribution is 6.46. The van der Waals surface area contributed by atoms with E-state index in [4.69, 9.17) is 21.1 Å². The first-order valence-electron chi connectivity index (χ1n) is 11.1. The number of ether oxygens (including phenoxy) is 2. The standard InChI is InChI=1S/C25H27ClN2O5/c1-2-33-20-5-3-4-18(16-20)23(29)21-22(17-6-8-19(26)9-7-17)28(25(31)24(21)30)11-10-27-12-14-32-15-13-27/h3-9,16,22,29H,2,10-15H2,1H3/b23-21+. The summed E-state index contributed by atoms with van der Waals surface area (Å²) in [5.74, 6) is -0.961. The summed E-state index contributed by atoms with van der Waals surface area (Å²) in [4.78, 5) is 30.0. The molecule has 0 aliphatic carbocycles. The van der Waals surface area contributed by atoms with Gasteiger partial charge >= 0.3 is 0 Å². The topological polar surface area (TPSA) is 79.3 Å². The lowest BCUT2D eigenvalue weighted by molar-refractivity contribution is -0.140. The summed E-state index contributed by atoms with van der Waals surface area (Å²) in [5, 5.41) is 11.7. The van der Waals surface area contributed by atoms with E-state index in [1.807, 2.05) is 6.92 Å². The summed E-state index contributed by atoms with van der Waals surface area (Å²) >= 11 is 6.08. The van der Waals surface area contributed by atoms with Crippen LogP contribution in [0.4, 0.5) is 0 Å². The van der Waals surface area contributed by atoms with Crippen LogP contribution in [0.1, 0.15) is 24.1 Å². The van der Waals surface area contributed by atoms with E-state index in [1.165, 1.54) is 0 Å². The molecule has 1 amide bonds. The number of likely N-dealkylation sites (tertiary alicyclic amines) is 1.